The van der Waals surface area contributed by atoms with Crippen molar-refractivity contribution in [2.45, 2.75) is 32.9 Å². The Bertz CT molecular complexity index is 331. The van der Waals surface area contributed by atoms with Crippen LogP contribution in [-0.2, 0) is 11.3 Å². The van der Waals surface area contributed by atoms with Crippen molar-refractivity contribution in [1.29, 1.82) is 0 Å². The quantitative estimate of drug-likeness (QED) is 0.775. The molecule has 1 aliphatic rings. The van der Waals surface area contributed by atoms with Gasteiger partial charge in [0.25, 0.3) is 0 Å². The number of nitrogens with one attached hydrogen (secondary N) is 1. The number of Topliss-reactive ketones (excluding diaryl/α,β-unsaturated/α-hetero) is 1. The van der Waals surface area contributed by atoms with E-state index in [1.807, 2.05) is 19.1 Å². The van der Waals surface area contributed by atoms with Crippen LogP contribution in [0.4, 0.5) is 0 Å². The molecule has 0 spiro atoms. The Labute approximate surface area is 90.1 Å². The Morgan fingerprint density at radius 2 is 2.33 bits per heavy atom. The first kappa shape index (κ1) is 10.4. The van der Waals surface area contributed by atoms with Gasteiger partial charge in [-0.2, -0.15) is 0 Å². The van der Waals surface area contributed by atoms with Crippen molar-refractivity contribution in [3.63, 3.8) is 0 Å². The van der Waals surface area contributed by atoms with Gasteiger partial charge >= 0.3 is 0 Å². The van der Waals surface area contributed by atoms with Gasteiger partial charge in [-0.15, -0.1) is 0 Å². The predicted octanol–water partition coefficient (Wildman–Crippen LogP) is 0.662. The summed E-state index contributed by atoms with van der Waals surface area (Å²) in [4.78, 5) is 13.0. The van der Waals surface area contributed by atoms with Crippen LogP contribution in [0.25, 0.3) is 0 Å². The molecule has 1 unspecified atom stereocenters. The number of hydrogen-bond acceptors (Lipinski definition) is 2. The second-order valence-electron chi connectivity index (χ2n) is 4.46. The second kappa shape index (κ2) is 4.19. The standard InChI is InChI=1S/C12H17NO2/c1-9-10(2)13(6-5-12(9)14)8-11-4-3-7-15-11/h3-4,7,9-10H,5-6,8H2,1-2H3/p+1/t9-,10+/m0/s1. The molecule has 82 valence electrons. The van der Waals surface area contributed by atoms with E-state index < -0.39 is 0 Å². The van der Waals surface area contributed by atoms with Gasteiger partial charge in [-0.3, -0.25) is 4.79 Å². The van der Waals surface area contributed by atoms with Gasteiger partial charge in [-0.1, -0.05) is 0 Å². The number of carbonyl (C=O) groups is 1. The molecule has 1 saturated heterocycles. The monoisotopic (exact) mass is 208 g/mol. The Kier molecular flexibility index (Phi) is 2.91. The summed E-state index contributed by atoms with van der Waals surface area (Å²) in [7, 11) is 0. The molecule has 0 saturated carbocycles. The maximum atomic E-state index is 11.5. The van der Waals surface area contributed by atoms with Crippen molar-refractivity contribution in [1.82, 2.24) is 0 Å². The van der Waals surface area contributed by atoms with Crippen molar-refractivity contribution >= 4 is 5.78 Å². The molecule has 0 radical (unpaired) electrons. The van der Waals surface area contributed by atoms with E-state index in [9.17, 15) is 4.79 Å². The zero-order valence-corrected chi connectivity index (χ0v) is 9.32. The third-order valence-electron chi connectivity index (χ3n) is 3.58. The molecule has 2 heterocycles. The summed E-state index contributed by atoms with van der Waals surface area (Å²) in [5, 5.41) is 0. The van der Waals surface area contributed by atoms with Crippen LogP contribution < -0.4 is 4.90 Å². The predicted molar refractivity (Wildman–Crippen MR) is 56.5 cm³/mol. The number of furan rings is 1. The number of ketones is 1. The largest absolute Gasteiger partial charge is 0.463 e. The third kappa shape index (κ3) is 2.12. The second-order valence-corrected chi connectivity index (χ2v) is 4.46. The SMILES string of the molecule is C[C@@H]1C(=O)CC[NH+](Cc2ccco2)[C@@H]1C. The van der Waals surface area contributed by atoms with E-state index in [2.05, 4.69) is 6.92 Å². The lowest BCUT2D eigenvalue weighted by Crippen LogP contribution is -3.16. The van der Waals surface area contributed by atoms with Crippen LogP contribution in [0, 0.1) is 5.92 Å². The van der Waals surface area contributed by atoms with Gasteiger partial charge in [0.1, 0.15) is 12.3 Å². The Balaban J connectivity index is 2.01. The molecule has 0 amide bonds. The van der Waals surface area contributed by atoms with E-state index >= 15 is 0 Å². The molecule has 1 fully saturated rings. The highest BCUT2D eigenvalue weighted by atomic mass is 16.3. The molecule has 1 aromatic rings. The summed E-state index contributed by atoms with van der Waals surface area (Å²) in [6.07, 6.45) is 2.42. The van der Waals surface area contributed by atoms with E-state index in [4.69, 9.17) is 4.42 Å². The van der Waals surface area contributed by atoms with Gasteiger partial charge in [0.15, 0.2) is 5.76 Å². The van der Waals surface area contributed by atoms with Crippen LogP contribution in [0.5, 0.6) is 0 Å². The third-order valence-corrected chi connectivity index (χ3v) is 3.58. The lowest BCUT2D eigenvalue weighted by atomic mass is 9.91. The lowest BCUT2D eigenvalue weighted by Gasteiger charge is -2.33. The van der Waals surface area contributed by atoms with E-state index in [0.717, 1.165) is 18.8 Å². The van der Waals surface area contributed by atoms with Crippen LogP contribution >= 0.6 is 0 Å². The number of likely N-dealkylation sites (tertiary alicyclic amines) is 1. The first-order chi connectivity index (χ1) is 7.18. The fraction of sp³-hybridized carbons (Fsp3) is 0.583. The van der Waals surface area contributed by atoms with Crippen molar-refractivity contribution in [2.75, 3.05) is 6.54 Å². The zero-order chi connectivity index (χ0) is 10.8. The van der Waals surface area contributed by atoms with Gasteiger partial charge < -0.3 is 9.32 Å². The fourth-order valence-electron chi connectivity index (χ4n) is 2.26. The van der Waals surface area contributed by atoms with Crippen LogP contribution in [0.1, 0.15) is 26.0 Å². The van der Waals surface area contributed by atoms with Gasteiger partial charge in [-0.05, 0) is 26.0 Å². The Morgan fingerprint density at radius 3 is 3.00 bits per heavy atom. The summed E-state index contributed by atoms with van der Waals surface area (Å²) in [5.41, 5.74) is 0. The van der Waals surface area contributed by atoms with Crippen LogP contribution in [0.3, 0.4) is 0 Å². The van der Waals surface area contributed by atoms with E-state index in [1.165, 1.54) is 4.90 Å². The highest BCUT2D eigenvalue weighted by Gasteiger charge is 2.34. The topological polar surface area (TPSA) is 34.7 Å². The minimum atomic E-state index is 0.184. The minimum Gasteiger partial charge on any atom is -0.463 e. The number of quaternary nitrogens is 1. The molecular formula is C12H18NO2+. The van der Waals surface area contributed by atoms with Crippen molar-refractivity contribution in [2.24, 2.45) is 5.92 Å². The average Bonchev–Trinajstić information content (AvgIpc) is 2.72. The summed E-state index contributed by atoms with van der Waals surface area (Å²) in [6.45, 7) is 6.02. The van der Waals surface area contributed by atoms with Crippen LogP contribution in [-0.4, -0.2) is 18.4 Å². The number of piperidine rings is 1. The molecule has 1 aliphatic heterocycles. The highest BCUT2D eigenvalue weighted by Crippen LogP contribution is 2.09. The minimum absolute atomic E-state index is 0.184. The molecule has 15 heavy (non-hydrogen) atoms. The first-order valence-electron chi connectivity index (χ1n) is 5.58. The van der Waals surface area contributed by atoms with E-state index in [-0.39, 0.29) is 5.92 Å². The molecular weight excluding hydrogens is 190 g/mol. The molecule has 1 aromatic heterocycles. The average molecular weight is 208 g/mol. The highest BCUT2D eigenvalue weighted by molar-refractivity contribution is 5.81. The summed E-state index contributed by atoms with van der Waals surface area (Å²) in [6, 6.07) is 4.31. The van der Waals surface area contributed by atoms with Crippen LogP contribution in [0.2, 0.25) is 0 Å². The van der Waals surface area contributed by atoms with E-state index in [0.29, 0.717) is 18.2 Å². The number of carbonyl (C=O) groups excluding carboxylic acids is 1. The van der Waals surface area contributed by atoms with Crippen molar-refractivity contribution < 1.29 is 14.1 Å². The van der Waals surface area contributed by atoms with Crippen molar-refractivity contribution in [3.05, 3.63) is 24.2 Å². The molecule has 3 nitrogen and oxygen atoms in total. The molecule has 0 bridgehead atoms. The Morgan fingerprint density at radius 1 is 1.53 bits per heavy atom. The summed E-state index contributed by atoms with van der Waals surface area (Å²) >= 11 is 0. The molecule has 0 aliphatic carbocycles. The molecule has 0 aromatic carbocycles. The summed E-state index contributed by atoms with van der Waals surface area (Å²) < 4.78 is 5.34. The Hall–Kier alpha value is -1.09. The smallest absolute Gasteiger partial charge is 0.157 e. The number of hydrogen-bond donors (Lipinski definition) is 1. The molecule has 1 N–H and O–H groups in total. The van der Waals surface area contributed by atoms with Gasteiger partial charge in [-0.25, -0.2) is 0 Å². The van der Waals surface area contributed by atoms with E-state index in [1.54, 1.807) is 6.26 Å². The maximum Gasteiger partial charge on any atom is 0.157 e. The van der Waals surface area contributed by atoms with Crippen LogP contribution in [0.15, 0.2) is 22.8 Å². The fourth-order valence-corrected chi connectivity index (χ4v) is 2.26. The normalized spacial score (nSPS) is 31.9. The first-order valence-corrected chi connectivity index (χ1v) is 5.58. The van der Waals surface area contributed by atoms with Gasteiger partial charge in [0, 0.05) is 0 Å². The zero-order valence-electron chi connectivity index (χ0n) is 9.32. The molecule has 2 rings (SSSR count). The summed E-state index contributed by atoms with van der Waals surface area (Å²) in [5.74, 6) is 1.60. The maximum absolute atomic E-state index is 11.5. The number of rotatable bonds is 2. The van der Waals surface area contributed by atoms with Gasteiger partial charge in [0.2, 0.25) is 0 Å². The molecule has 3 heteroatoms. The van der Waals surface area contributed by atoms with Crippen molar-refractivity contribution in [3.8, 4) is 0 Å². The van der Waals surface area contributed by atoms with Gasteiger partial charge in [0.05, 0.1) is 31.2 Å². The lowest BCUT2D eigenvalue weighted by molar-refractivity contribution is -0.942. The molecule has 3 atom stereocenters.